The van der Waals surface area contributed by atoms with Gasteiger partial charge >= 0.3 is 5.97 Å². The molecule has 1 saturated heterocycles. The summed E-state index contributed by atoms with van der Waals surface area (Å²) in [5.74, 6) is 0.273. The first-order valence-electron chi connectivity index (χ1n) is 11.8. The number of esters is 1. The van der Waals surface area contributed by atoms with Gasteiger partial charge in [0.15, 0.2) is 23.2 Å². The van der Waals surface area contributed by atoms with Gasteiger partial charge in [0.2, 0.25) is 6.79 Å². The Hall–Kier alpha value is -3.94. The van der Waals surface area contributed by atoms with Gasteiger partial charge in [-0.2, -0.15) is 5.26 Å². The van der Waals surface area contributed by atoms with E-state index >= 15 is 0 Å². The molecule has 0 bridgehead atoms. The van der Waals surface area contributed by atoms with Gasteiger partial charge in [-0.05, 0) is 29.8 Å². The largest absolute Gasteiger partial charge is 0.462 e. The molecular weight excluding hydrogens is 462 g/mol. The molecule has 1 fully saturated rings. The van der Waals surface area contributed by atoms with E-state index in [0.717, 1.165) is 36.7 Å². The number of carbonyl (C=O) groups is 1. The Bertz CT molecular complexity index is 1290. The highest BCUT2D eigenvalue weighted by Crippen LogP contribution is 2.33. The maximum atomic E-state index is 12.7. The minimum Gasteiger partial charge on any atom is -0.462 e. The molecule has 0 radical (unpaired) electrons. The number of anilines is 1. The molecule has 3 heterocycles. The van der Waals surface area contributed by atoms with Crippen LogP contribution in [0.4, 0.5) is 5.82 Å². The van der Waals surface area contributed by atoms with Crippen LogP contribution in [0.2, 0.25) is 0 Å². The third kappa shape index (κ3) is 5.03. The predicted molar refractivity (Wildman–Crippen MR) is 131 cm³/mol. The number of nitrogens with zero attached hydrogens (tertiary/aromatic N) is 5. The van der Waals surface area contributed by atoms with Gasteiger partial charge < -0.3 is 23.8 Å². The molecule has 1 aromatic heterocycles. The standard InChI is InChI=1S/C26H27N5O5/c1-33-12-13-34-26(32)19(15-27)24-25(29-21-5-3-2-4-20(21)28-24)31-10-8-30(9-11-31)16-18-6-7-22-23(14-18)36-17-35-22/h2-7,14,19H,8-13,16-17H2,1H3/t19-/m0/s1. The van der Waals surface area contributed by atoms with Crippen LogP contribution in [0, 0.1) is 11.3 Å². The van der Waals surface area contributed by atoms with E-state index in [1.165, 1.54) is 7.11 Å². The molecule has 3 aromatic rings. The predicted octanol–water partition coefficient (Wildman–Crippen LogP) is 2.48. The van der Waals surface area contributed by atoms with E-state index in [4.69, 9.17) is 28.9 Å². The SMILES string of the molecule is COCCOC(=O)[C@@H](C#N)c1nc2ccccc2nc1N1CCN(Cc2ccc3c(c2)OCO3)CC1. The van der Waals surface area contributed by atoms with Gasteiger partial charge in [0.1, 0.15) is 12.3 Å². The van der Waals surface area contributed by atoms with E-state index in [0.29, 0.717) is 35.6 Å². The molecule has 1 atom stereocenters. The van der Waals surface area contributed by atoms with E-state index in [2.05, 4.69) is 21.9 Å². The summed E-state index contributed by atoms with van der Waals surface area (Å²) in [6.07, 6.45) is 0. The van der Waals surface area contributed by atoms with Crippen molar-refractivity contribution in [1.82, 2.24) is 14.9 Å². The molecule has 0 aliphatic carbocycles. The molecule has 0 unspecified atom stereocenters. The van der Waals surface area contributed by atoms with Gasteiger partial charge in [-0.3, -0.25) is 9.69 Å². The quantitative estimate of drug-likeness (QED) is 0.346. The van der Waals surface area contributed by atoms with Crippen molar-refractivity contribution in [2.75, 3.05) is 58.2 Å². The molecule has 0 spiro atoms. The molecule has 5 rings (SSSR count). The third-order valence-electron chi connectivity index (χ3n) is 6.26. The third-order valence-corrected chi connectivity index (χ3v) is 6.26. The number of aromatic nitrogens is 2. The fourth-order valence-electron chi connectivity index (χ4n) is 4.38. The second-order valence-electron chi connectivity index (χ2n) is 8.59. The normalized spacial score (nSPS) is 16.1. The van der Waals surface area contributed by atoms with Crippen molar-refractivity contribution in [2.24, 2.45) is 0 Å². The van der Waals surface area contributed by atoms with Crippen LogP contribution in [0.5, 0.6) is 11.5 Å². The lowest BCUT2D eigenvalue weighted by molar-refractivity contribution is -0.145. The Morgan fingerprint density at radius 1 is 1.06 bits per heavy atom. The Morgan fingerprint density at radius 2 is 1.81 bits per heavy atom. The van der Waals surface area contributed by atoms with E-state index in [1.54, 1.807) is 0 Å². The van der Waals surface area contributed by atoms with Crippen LogP contribution in [0.1, 0.15) is 17.2 Å². The van der Waals surface area contributed by atoms with Crippen molar-refractivity contribution in [3.63, 3.8) is 0 Å². The van der Waals surface area contributed by atoms with Crippen LogP contribution in [-0.2, 0) is 20.8 Å². The fraction of sp³-hybridized carbons (Fsp3) is 0.385. The molecule has 2 aromatic carbocycles. The lowest BCUT2D eigenvalue weighted by Crippen LogP contribution is -2.46. The average molecular weight is 490 g/mol. The zero-order valence-electron chi connectivity index (χ0n) is 20.1. The number of piperazine rings is 1. The summed E-state index contributed by atoms with van der Waals surface area (Å²) >= 11 is 0. The number of rotatable bonds is 8. The van der Waals surface area contributed by atoms with Gasteiger partial charge in [-0.25, -0.2) is 9.97 Å². The molecule has 36 heavy (non-hydrogen) atoms. The number of benzene rings is 2. The highest BCUT2D eigenvalue weighted by atomic mass is 16.7. The fourth-order valence-corrected chi connectivity index (χ4v) is 4.38. The van der Waals surface area contributed by atoms with Gasteiger partial charge in [-0.1, -0.05) is 18.2 Å². The number of nitriles is 1. The molecular formula is C26H27N5O5. The molecule has 2 aliphatic heterocycles. The topological polar surface area (TPSA) is 110 Å². The zero-order valence-corrected chi connectivity index (χ0v) is 20.1. The van der Waals surface area contributed by atoms with Crippen LogP contribution in [0.15, 0.2) is 42.5 Å². The first kappa shape index (κ1) is 23.8. The Labute approximate surface area is 209 Å². The summed E-state index contributed by atoms with van der Waals surface area (Å²) in [7, 11) is 1.52. The van der Waals surface area contributed by atoms with Gasteiger partial charge in [0, 0.05) is 39.8 Å². The molecule has 2 aliphatic rings. The summed E-state index contributed by atoms with van der Waals surface area (Å²) < 4.78 is 21.1. The molecule has 0 amide bonds. The summed E-state index contributed by atoms with van der Waals surface area (Å²) in [6, 6.07) is 15.5. The minimum atomic E-state index is -1.18. The summed E-state index contributed by atoms with van der Waals surface area (Å²) in [5.41, 5.74) is 2.82. The number of para-hydroxylation sites is 2. The second-order valence-corrected chi connectivity index (χ2v) is 8.59. The number of ether oxygens (including phenoxy) is 4. The van der Waals surface area contributed by atoms with Crippen LogP contribution in [0.3, 0.4) is 0 Å². The number of methoxy groups -OCH3 is 1. The van der Waals surface area contributed by atoms with Gasteiger partial charge in [0.05, 0.1) is 23.7 Å². The maximum absolute atomic E-state index is 12.7. The van der Waals surface area contributed by atoms with Gasteiger partial charge in [-0.15, -0.1) is 0 Å². The van der Waals surface area contributed by atoms with Crippen LogP contribution >= 0.6 is 0 Å². The van der Waals surface area contributed by atoms with E-state index in [9.17, 15) is 10.1 Å². The van der Waals surface area contributed by atoms with Crippen LogP contribution in [0.25, 0.3) is 11.0 Å². The van der Waals surface area contributed by atoms with Crippen LogP contribution in [-0.4, -0.2) is 74.1 Å². The van der Waals surface area contributed by atoms with Crippen molar-refractivity contribution in [1.29, 1.82) is 5.26 Å². The lowest BCUT2D eigenvalue weighted by atomic mass is 10.1. The number of fused-ring (bicyclic) bond motifs is 2. The first-order valence-corrected chi connectivity index (χ1v) is 11.8. The molecule has 10 heteroatoms. The number of carbonyl (C=O) groups excluding carboxylic acids is 1. The molecule has 0 saturated carbocycles. The average Bonchev–Trinajstić information content (AvgIpc) is 3.37. The van der Waals surface area contributed by atoms with Crippen molar-refractivity contribution < 1.29 is 23.7 Å². The first-order chi connectivity index (χ1) is 17.7. The van der Waals surface area contributed by atoms with E-state index < -0.39 is 11.9 Å². The summed E-state index contributed by atoms with van der Waals surface area (Å²) in [5, 5.41) is 9.88. The van der Waals surface area contributed by atoms with E-state index in [-0.39, 0.29) is 20.0 Å². The van der Waals surface area contributed by atoms with Crippen LogP contribution < -0.4 is 14.4 Å². The molecule has 186 valence electrons. The smallest absolute Gasteiger partial charge is 0.329 e. The number of hydrogen-bond acceptors (Lipinski definition) is 10. The van der Waals surface area contributed by atoms with E-state index in [1.807, 2.05) is 36.4 Å². The van der Waals surface area contributed by atoms with Crippen molar-refractivity contribution >= 4 is 22.8 Å². The Morgan fingerprint density at radius 3 is 2.56 bits per heavy atom. The van der Waals surface area contributed by atoms with Crippen molar-refractivity contribution in [2.45, 2.75) is 12.5 Å². The summed E-state index contributed by atoms with van der Waals surface area (Å²) in [4.78, 5) is 26.7. The monoisotopic (exact) mass is 489 g/mol. The lowest BCUT2D eigenvalue weighted by Gasteiger charge is -2.36. The highest BCUT2D eigenvalue weighted by Gasteiger charge is 2.31. The highest BCUT2D eigenvalue weighted by molar-refractivity contribution is 5.85. The minimum absolute atomic E-state index is 0.0718. The zero-order chi connectivity index (χ0) is 24.9. The molecule has 0 N–H and O–H groups in total. The maximum Gasteiger partial charge on any atom is 0.329 e. The Balaban J connectivity index is 1.34. The molecule has 10 nitrogen and oxygen atoms in total. The second kappa shape index (κ2) is 10.8. The van der Waals surface area contributed by atoms with Gasteiger partial charge in [0.25, 0.3) is 0 Å². The Kier molecular flexibility index (Phi) is 7.11. The number of hydrogen-bond donors (Lipinski definition) is 0. The van der Waals surface area contributed by atoms with Crippen molar-refractivity contribution in [3.05, 3.63) is 53.7 Å². The summed E-state index contributed by atoms with van der Waals surface area (Å²) in [6.45, 7) is 4.32. The van der Waals surface area contributed by atoms with Crippen molar-refractivity contribution in [3.8, 4) is 17.6 Å².